The van der Waals surface area contributed by atoms with E-state index in [1.165, 1.54) is 37.4 Å². The molecule has 1 fully saturated rings. The molecule has 2 aromatic rings. The maximum atomic E-state index is 6.18. The van der Waals surface area contributed by atoms with Gasteiger partial charge in [0.25, 0.3) is 0 Å². The van der Waals surface area contributed by atoms with E-state index in [-0.39, 0.29) is 0 Å². The third-order valence-corrected chi connectivity index (χ3v) is 5.48. The van der Waals surface area contributed by atoms with Crippen molar-refractivity contribution in [3.8, 4) is 11.5 Å². The molecule has 2 atom stereocenters. The van der Waals surface area contributed by atoms with Crippen LogP contribution in [0.1, 0.15) is 56.1 Å². The van der Waals surface area contributed by atoms with E-state index in [1.54, 1.807) is 0 Å². The third kappa shape index (κ3) is 5.41. The number of halogens is 1. The van der Waals surface area contributed by atoms with Crippen molar-refractivity contribution >= 4 is 24.4 Å². The minimum absolute atomic E-state index is 0.379. The molecule has 2 heterocycles. The molecular weight excluding hydrogens is 376 g/mol. The second kappa shape index (κ2) is 11.0. The Morgan fingerprint density at radius 2 is 1.59 bits per heavy atom. The summed E-state index contributed by atoms with van der Waals surface area (Å²) in [5, 5.41) is 0.759. The zero-order valence-corrected chi connectivity index (χ0v) is 18.1. The van der Waals surface area contributed by atoms with Gasteiger partial charge in [0.05, 0.1) is 0 Å². The van der Waals surface area contributed by atoms with E-state index in [2.05, 4.69) is 48.8 Å². The fourth-order valence-corrected chi connectivity index (χ4v) is 4.20. The van der Waals surface area contributed by atoms with Crippen LogP contribution >= 0.6 is 24.4 Å². The first-order chi connectivity index (χ1) is 13.1. The van der Waals surface area contributed by atoms with E-state index in [4.69, 9.17) is 16.3 Å². The number of hydrogen-bond acceptors (Lipinski definition) is 4. The van der Waals surface area contributed by atoms with Crippen LogP contribution in [0.4, 0.5) is 0 Å². The summed E-state index contributed by atoms with van der Waals surface area (Å²) < 4.78 is 8.21. The quantitative estimate of drug-likeness (QED) is 0.579. The Labute approximate surface area is 174 Å². The van der Waals surface area contributed by atoms with Gasteiger partial charge in [-0.15, -0.1) is 0 Å². The average Bonchev–Trinajstić information content (AvgIpc) is 3.02. The van der Waals surface area contributed by atoms with Crippen LogP contribution in [0.5, 0.6) is 11.5 Å². The molecule has 2 aliphatic rings. The van der Waals surface area contributed by atoms with Gasteiger partial charge in [0.15, 0.2) is 0 Å². The van der Waals surface area contributed by atoms with E-state index in [0.29, 0.717) is 11.8 Å². The SMILES string of the molecule is CCCCC.CN.SN1CC2c3ccccc3Oc3ccc(Cl)cc3[C@H]2C1. The highest BCUT2D eigenvalue weighted by molar-refractivity contribution is 7.77. The van der Waals surface area contributed by atoms with Crippen LogP contribution in [-0.2, 0) is 0 Å². The summed E-state index contributed by atoms with van der Waals surface area (Å²) in [6.07, 6.45) is 4.08. The molecule has 0 amide bonds. The molecule has 0 spiro atoms. The Morgan fingerprint density at radius 3 is 2.22 bits per heavy atom. The molecule has 148 valence electrons. The smallest absolute Gasteiger partial charge is 0.131 e. The Balaban J connectivity index is 0.000000327. The molecule has 0 aromatic heterocycles. The third-order valence-electron chi connectivity index (χ3n) is 4.92. The molecule has 2 aromatic carbocycles. The number of fused-ring (bicyclic) bond motifs is 5. The van der Waals surface area contributed by atoms with E-state index < -0.39 is 0 Å². The van der Waals surface area contributed by atoms with Crippen LogP contribution in [0.15, 0.2) is 42.5 Å². The average molecular weight is 407 g/mol. The van der Waals surface area contributed by atoms with Crippen LogP contribution in [0, 0.1) is 0 Å². The van der Waals surface area contributed by atoms with Gasteiger partial charge in [0, 0.05) is 35.5 Å². The predicted molar refractivity (Wildman–Crippen MR) is 119 cm³/mol. The summed E-state index contributed by atoms with van der Waals surface area (Å²) in [6.45, 7) is 6.27. The summed E-state index contributed by atoms with van der Waals surface area (Å²) in [5.41, 5.74) is 6.96. The van der Waals surface area contributed by atoms with Gasteiger partial charge >= 0.3 is 0 Å². The summed E-state index contributed by atoms with van der Waals surface area (Å²) in [4.78, 5) is 0. The monoisotopic (exact) mass is 406 g/mol. The van der Waals surface area contributed by atoms with Gasteiger partial charge in [-0.2, -0.15) is 0 Å². The number of para-hydroxylation sites is 1. The van der Waals surface area contributed by atoms with Crippen molar-refractivity contribution < 1.29 is 4.74 Å². The van der Waals surface area contributed by atoms with E-state index in [9.17, 15) is 0 Å². The van der Waals surface area contributed by atoms with E-state index >= 15 is 0 Å². The lowest BCUT2D eigenvalue weighted by atomic mass is 9.84. The number of rotatable bonds is 2. The van der Waals surface area contributed by atoms with Gasteiger partial charge in [-0.05, 0) is 36.9 Å². The van der Waals surface area contributed by atoms with Gasteiger partial charge in [0.1, 0.15) is 11.5 Å². The largest absolute Gasteiger partial charge is 0.457 e. The molecule has 0 radical (unpaired) electrons. The highest BCUT2D eigenvalue weighted by Crippen LogP contribution is 2.50. The second-order valence-corrected chi connectivity index (χ2v) is 7.76. The molecule has 2 aliphatic heterocycles. The number of nitrogens with zero attached hydrogens (tertiary/aromatic N) is 1. The molecule has 0 bridgehead atoms. The van der Waals surface area contributed by atoms with Gasteiger partial charge in [-0.1, -0.05) is 75.7 Å². The van der Waals surface area contributed by atoms with Crippen molar-refractivity contribution in [2.75, 3.05) is 20.1 Å². The number of unbranched alkanes of at least 4 members (excludes halogenated alkanes) is 2. The van der Waals surface area contributed by atoms with Crippen LogP contribution in [0.3, 0.4) is 0 Å². The number of benzene rings is 2. The maximum absolute atomic E-state index is 6.18. The first kappa shape index (κ1) is 22.1. The highest BCUT2D eigenvalue weighted by atomic mass is 35.5. The number of hydrogen-bond donors (Lipinski definition) is 2. The van der Waals surface area contributed by atoms with Crippen molar-refractivity contribution in [2.45, 2.75) is 44.9 Å². The Hall–Kier alpha value is -1.20. The van der Waals surface area contributed by atoms with Crippen molar-refractivity contribution in [1.29, 1.82) is 0 Å². The molecule has 5 heteroatoms. The molecule has 0 saturated carbocycles. The lowest BCUT2D eigenvalue weighted by Crippen LogP contribution is -2.07. The van der Waals surface area contributed by atoms with Crippen molar-refractivity contribution in [3.05, 3.63) is 58.6 Å². The van der Waals surface area contributed by atoms with Gasteiger partial charge in [0.2, 0.25) is 0 Å². The standard InChI is InChI=1S/C16H14ClNOS.C5H12.CH5N/c17-10-5-6-16-12(7-10)14-9-18(20)8-13(14)11-3-1-2-4-15(11)19-16;1-3-5-4-2;1-2/h1-7,13-14,20H,8-9H2;3-5H2,1-2H3;2H2,1H3/t13?,14-;;/m1../s1. The topological polar surface area (TPSA) is 38.5 Å². The molecule has 27 heavy (non-hydrogen) atoms. The summed E-state index contributed by atoms with van der Waals surface area (Å²) >= 11 is 10.7. The first-order valence-electron chi connectivity index (χ1n) is 9.71. The van der Waals surface area contributed by atoms with Crippen molar-refractivity contribution in [1.82, 2.24) is 4.31 Å². The summed E-state index contributed by atoms with van der Waals surface area (Å²) in [6, 6.07) is 14.2. The van der Waals surface area contributed by atoms with Gasteiger partial charge < -0.3 is 10.5 Å². The Morgan fingerprint density at radius 1 is 1.00 bits per heavy atom. The highest BCUT2D eigenvalue weighted by Gasteiger charge is 2.38. The zero-order valence-electron chi connectivity index (χ0n) is 16.5. The summed E-state index contributed by atoms with van der Waals surface area (Å²) in [5.74, 6) is 2.65. The van der Waals surface area contributed by atoms with Crippen LogP contribution < -0.4 is 10.5 Å². The number of ether oxygens (including phenoxy) is 1. The fourth-order valence-electron chi connectivity index (χ4n) is 3.67. The van der Waals surface area contributed by atoms with E-state index in [0.717, 1.165) is 29.6 Å². The Kier molecular flexibility index (Phi) is 8.97. The first-order valence-corrected chi connectivity index (χ1v) is 10.5. The normalized spacial score (nSPS) is 19.8. The molecule has 1 saturated heterocycles. The molecule has 4 rings (SSSR count). The molecule has 0 aliphatic carbocycles. The molecule has 1 unspecified atom stereocenters. The predicted octanol–water partition coefficient (Wildman–Crippen LogP) is 6.24. The minimum atomic E-state index is 0.379. The van der Waals surface area contributed by atoms with Crippen molar-refractivity contribution in [2.24, 2.45) is 5.73 Å². The number of nitrogens with two attached hydrogens (primary N) is 1. The lowest BCUT2D eigenvalue weighted by Gasteiger charge is -2.17. The maximum Gasteiger partial charge on any atom is 0.131 e. The van der Waals surface area contributed by atoms with E-state index in [1.807, 2.05) is 30.3 Å². The molecular formula is C22H31ClN2OS. The van der Waals surface area contributed by atoms with Crippen LogP contribution in [-0.4, -0.2) is 24.4 Å². The lowest BCUT2D eigenvalue weighted by molar-refractivity contribution is 0.472. The van der Waals surface area contributed by atoms with Crippen LogP contribution in [0.2, 0.25) is 5.02 Å². The van der Waals surface area contributed by atoms with Crippen molar-refractivity contribution in [3.63, 3.8) is 0 Å². The van der Waals surface area contributed by atoms with Crippen LogP contribution in [0.25, 0.3) is 0 Å². The zero-order chi connectivity index (χ0) is 19.8. The molecule has 3 nitrogen and oxygen atoms in total. The van der Waals surface area contributed by atoms with Gasteiger partial charge in [-0.25, -0.2) is 0 Å². The number of thiol groups is 1. The minimum Gasteiger partial charge on any atom is -0.457 e. The fraction of sp³-hybridized carbons (Fsp3) is 0.455. The second-order valence-electron chi connectivity index (χ2n) is 6.76. The Bertz CT molecular complexity index is 723. The summed E-state index contributed by atoms with van der Waals surface area (Å²) in [7, 11) is 1.50. The molecule has 2 N–H and O–H groups in total. The van der Waals surface area contributed by atoms with Gasteiger partial charge in [-0.3, -0.25) is 4.31 Å².